The average molecular weight is 247 g/mol. The second-order valence-electron chi connectivity index (χ2n) is 2.40. The van der Waals surface area contributed by atoms with Crippen molar-refractivity contribution in [2.24, 2.45) is 0 Å². The summed E-state index contributed by atoms with van der Waals surface area (Å²) in [5.74, 6) is 0.927. The minimum atomic E-state index is 0.880. The van der Waals surface area contributed by atoms with Crippen molar-refractivity contribution < 1.29 is 0 Å². The highest BCUT2D eigenvalue weighted by molar-refractivity contribution is 9.10. The molecule has 66 valence electrons. The molecular weight excluding hydrogens is 236 g/mol. The van der Waals surface area contributed by atoms with Crippen LogP contribution in [0.25, 0.3) is 0 Å². The van der Waals surface area contributed by atoms with E-state index in [2.05, 4.69) is 32.8 Å². The first-order valence-corrected chi connectivity index (χ1v) is 5.85. The van der Waals surface area contributed by atoms with Gasteiger partial charge in [0, 0.05) is 12.5 Å². The lowest BCUT2D eigenvalue weighted by molar-refractivity contribution is 0.803. The smallest absolute Gasteiger partial charge is 0.130 e. The van der Waals surface area contributed by atoms with E-state index in [4.69, 9.17) is 0 Å². The normalized spacial score (nSPS) is 10.2. The molecule has 0 saturated heterocycles. The number of aryl methyl sites for hydroxylation is 1. The molecule has 1 aromatic heterocycles. The maximum Gasteiger partial charge on any atom is 0.130 e. The van der Waals surface area contributed by atoms with Crippen LogP contribution < -0.4 is 0 Å². The van der Waals surface area contributed by atoms with Gasteiger partial charge in [-0.15, -0.1) is 11.8 Å². The maximum atomic E-state index is 4.36. The van der Waals surface area contributed by atoms with Crippen LogP contribution in [0.2, 0.25) is 0 Å². The topological polar surface area (TPSA) is 25.8 Å². The van der Waals surface area contributed by atoms with Crippen molar-refractivity contribution in [2.45, 2.75) is 24.8 Å². The largest absolute Gasteiger partial charge is 0.227 e. The number of rotatable bonds is 3. The van der Waals surface area contributed by atoms with Crippen molar-refractivity contribution in [2.75, 3.05) is 6.26 Å². The van der Waals surface area contributed by atoms with Gasteiger partial charge < -0.3 is 0 Å². The second kappa shape index (κ2) is 4.82. The minimum Gasteiger partial charge on any atom is -0.227 e. The highest BCUT2D eigenvalue weighted by atomic mass is 79.9. The molecule has 0 aliphatic carbocycles. The van der Waals surface area contributed by atoms with Gasteiger partial charge in [-0.2, -0.15) is 0 Å². The lowest BCUT2D eigenvalue weighted by atomic mass is 10.3. The first-order chi connectivity index (χ1) is 5.76. The third kappa shape index (κ3) is 2.75. The van der Waals surface area contributed by atoms with E-state index in [0.717, 1.165) is 28.3 Å². The number of halogens is 1. The van der Waals surface area contributed by atoms with E-state index in [1.165, 1.54) is 0 Å². The summed E-state index contributed by atoms with van der Waals surface area (Å²) in [4.78, 5) is 8.63. The van der Waals surface area contributed by atoms with Crippen LogP contribution in [0.3, 0.4) is 0 Å². The molecule has 0 amide bonds. The second-order valence-corrected chi connectivity index (χ2v) is 4.04. The molecule has 1 rings (SSSR count). The fourth-order valence-corrected chi connectivity index (χ4v) is 1.88. The standard InChI is InChI=1S/C8H11BrN2S/c1-3-4-7-10-6(9)5-8(11-7)12-2/h5H,3-4H2,1-2H3. The summed E-state index contributed by atoms with van der Waals surface area (Å²) in [6.07, 6.45) is 4.06. The Hall–Kier alpha value is -0.0900. The predicted molar refractivity (Wildman–Crippen MR) is 55.5 cm³/mol. The molecule has 1 heterocycles. The molecule has 0 radical (unpaired) electrons. The zero-order chi connectivity index (χ0) is 8.97. The van der Waals surface area contributed by atoms with E-state index >= 15 is 0 Å². The van der Waals surface area contributed by atoms with Crippen LogP contribution >= 0.6 is 27.7 Å². The lowest BCUT2D eigenvalue weighted by Gasteiger charge is -2.00. The Balaban J connectivity index is 2.90. The number of hydrogen-bond donors (Lipinski definition) is 0. The van der Waals surface area contributed by atoms with Crippen LogP contribution in [-0.2, 0) is 6.42 Å². The maximum absolute atomic E-state index is 4.36. The van der Waals surface area contributed by atoms with E-state index in [-0.39, 0.29) is 0 Å². The van der Waals surface area contributed by atoms with Gasteiger partial charge in [-0.1, -0.05) is 6.92 Å². The number of nitrogens with zero attached hydrogens (tertiary/aromatic N) is 2. The van der Waals surface area contributed by atoms with Gasteiger partial charge in [-0.05, 0) is 28.6 Å². The third-order valence-electron chi connectivity index (χ3n) is 1.40. The average Bonchev–Trinajstić information content (AvgIpc) is 2.04. The van der Waals surface area contributed by atoms with Crippen LogP contribution in [0.5, 0.6) is 0 Å². The van der Waals surface area contributed by atoms with E-state index < -0.39 is 0 Å². The Morgan fingerprint density at radius 2 is 2.25 bits per heavy atom. The van der Waals surface area contributed by atoms with Gasteiger partial charge in [0.25, 0.3) is 0 Å². The Kier molecular flexibility index (Phi) is 4.01. The molecule has 0 spiro atoms. The Labute approximate surface area is 85.3 Å². The molecule has 0 unspecified atom stereocenters. The third-order valence-corrected chi connectivity index (χ3v) is 2.43. The molecule has 0 N–H and O–H groups in total. The predicted octanol–water partition coefficient (Wildman–Crippen LogP) is 2.91. The summed E-state index contributed by atoms with van der Waals surface area (Å²) in [6.45, 7) is 2.13. The van der Waals surface area contributed by atoms with Gasteiger partial charge in [-0.25, -0.2) is 9.97 Å². The van der Waals surface area contributed by atoms with Crippen molar-refractivity contribution >= 4 is 27.7 Å². The Morgan fingerprint density at radius 3 is 2.83 bits per heavy atom. The van der Waals surface area contributed by atoms with Crippen molar-refractivity contribution in [3.63, 3.8) is 0 Å². The van der Waals surface area contributed by atoms with E-state index in [9.17, 15) is 0 Å². The van der Waals surface area contributed by atoms with E-state index in [1.54, 1.807) is 11.8 Å². The summed E-state index contributed by atoms with van der Waals surface area (Å²) in [6, 6.07) is 1.93. The number of hydrogen-bond acceptors (Lipinski definition) is 3. The van der Waals surface area contributed by atoms with Gasteiger partial charge in [0.15, 0.2) is 0 Å². The molecule has 2 nitrogen and oxygen atoms in total. The summed E-state index contributed by atoms with van der Waals surface area (Å²) in [5.41, 5.74) is 0. The minimum absolute atomic E-state index is 0.880. The van der Waals surface area contributed by atoms with Gasteiger partial charge in [0.2, 0.25) is 0 Å². The zero-order valence-electron chi connectivity index (χ0n) is 7.17. The molecule has 0 aliphatic rings. The first-order valence-electron chi connectivity index (χ1n) is 3.83. The molecule has 0 bridgehead atoms. The highest BCUT2D eigenvalue weighted by Gasteiger charge is 2.00. The van der Waals surface area contributed by atoms with E-state index in [0.29, 0.717) is 0 Å². The molecule has 0 aliphatic heterocycles. The molecule has 4 heteroatoms. The van der Waals surface area contributed by atoms with Crippen LogP contribution in [0.4, 0.5) is 0 Å². The quantitative estimate of drug-likeness (QED) is 0.606. The fourth-order valence-electron chi connectivity index (χ4n) is 0.882. The van der Waals surface area contributed by atoms with Gasteiger partial charge in [0.05, 0.1) is 0 Å². The number of aromatic nitrogens is 2. The summed E-state index contributed by atoms with van der Waals surface area (Å²) in [7, 11) is 0. The first kappa shape index (κ1) is 9.99. The number of thioether (sulfide) groups is 1. The van der Waals surface area contributed by atoms with Gasteiger partial charge in [-0.3, -0.25) is 0 Å². The monoisotopic (exact) mass is 246 g/mol. The molecule has 1 aromatic rings. The molecule has 0 saturated carbocycles. The van der Waals surface area contributed by atoms with Crippen LogP contribution in [0.1, 0.15) is 19.2 Å². The zero-order valence-corrected chi connectivity index (χ0v) is 9.57. The summed E-state index contributed by atoms with van der Waals surface area (Å²) >= 11 is 5.00. The van der Waals surface area contributed by atoms with E-state index in [1.807, 2.05) is 12.3 Å². The summed E-state index contributed by atoms with van der Waals surface area (Å²) in [5, 5.41) is 1.03. The Morgan fingerprint density at radius 1 is 1.50 bits per heavy atom. The van der Waals surface area contributed by atoms with Gasteiger partial charge >= 0.3 is 0 Å². The van der Waals surface area contributed by atoms with Crippen LogP contribution in [0, 0.1) is 0 Å². The van der Waals surface area contributed by atoms with Crippen molar-refractivity contribution in [1.29, 1.82) is 0 Å². The molecule has 0 fully saturated rings. The molecule has 0 aromatic carbocycles. The van der Waals surface area contributed by atoms with Crippen molar-refractivity contribution in [3.8, 4) is 0 Å². The molecule has 12 heavy (non-hydrogen) atoms. The summed E-state index contributed by atoms with van der Waals surface area (Å²) < 4.78 is 0.880. The lowest BCUT2D eigenvalue weighted by Crippen LogP contribution is -1.95. The SMILES string of the molecule is CCCc1nc(Br)cc(SC)n1. The van der Waals surface area contributed by atoms with Crippen molar-refractivity contribution in [1.82, 2.24) is 9.97 Å². The van der Waals surface area contributed by atoms with Crippen LogP contribution in [0.15, 0.2) is 15.7 Å². The molecular formula is C8H11BrN2S. The van der Waals surface area contributed by atoms with Gasteiger partial charge in [0.1, 0.15) is 15.5 Å². The highest BCUT2D eigenvalue weighted by Crippen LogP contribution is 2.16. The molecule has 0 atom stereocenters. The Bertz CT molecular complexity index is 265. The van der Waals surface area contributed by atoms with Crippen molar-refractivity contribution in [3.05, 3.63) is 16.5 Å². The fraction of sp³-hybridized carbons (Fsp3) is 0.500. The van der Waals surface area contributed by atoms with Crippen LogP contribution in [-0.4, -0.2) is 16.2 Å².